The highest BCUT2D eigenvalue weighted by Gasteiger charge is 2.51. The van der Waals surface area contributed by atoms with Gasteiger partial charge in [0.25, 0.3) is 0 Å². The second kappa shape index (κ2) is 12.5. The Kier molecular flexibility index (Phi) is 7.10. The van der Waals surface area contributed by atoms with E-state index in [4.69, 9.17) is 9.73 Å². The van der Waals surface area contributed by atoms with Gasteiger partial charge in [-0.3, -0.25) is 4.99 Å². The summed E-state index contributed by atoms with van der Waals surface area (Å²) in [6.45, 7) is 0. The smallest absolute Gasteiger partial charge is 0.140 e. The van der Waals surface area contributed by atoms with Crippen LogP contribution in [0.25, 0.3) is 39.2 Å². The molecule has 0 aromatic heterocycles. The lowest BCUT2D eigenvalue weighted by molar-refractivity contribution is 0.435. The molecule has 12 rings (SSSR count). The molecule has 0 fully saturated rings. The van der Waals surface area contributed by atoms with Crippen molar-refractivity contribution in [3.63, 3.8) is 0 Å². The molecule has 2 aliphatic heterocycles. The highest BCUT2D eigenvalue weighted by molar-refractivity contribution is 6.12. The van der Waals surface area contributed by atoms with Crippen LogP contribution < -0.4 is 10.1 Å². The predicted molar refractivity (Wildman–Crippen MR) is 234 cm³/mol. The van der Waals surface area contributed by atoms with Gasteiger partial charge >= 0.3 is 0 Å². The molecule has 3 heteroatoms. The zero-order chi connectivity index (χ0) is 37.5. The van der Waals surface area contributed by atoms with Crippen molar-refractivity contribution in [1.29, 1.82) is 0 Å². The summed E-state index contributed by atoms with van der Waals surface area (Å²) in [5.41, 5.74) is 16.5. The Balaban J connectivity index is 1.06. The molecule has 1 atom stereocenters. The lowest BCUT2D eigenvalue weighted by atomic mass is 9.65. The number of nitrogens with one attached hydrogen (secondary N) is 1. The molecule has 57 heavy (non-hydrogen) atoms. The van der Waals surface area contributed by atoms with Crippen molar-refractivity contribution in [1.82, 2.24) is 5.32 Å². The number of aliphatic imine (C=N–C) groups is 1. The summed E-state index contributed by atoms with van der Waals surface area (Å²) in [7, 11) is 0. The van der Waals surface area contributed by atoms with E-state index in [0.29, 0.717) is 0 Å². The van der Waals surface area contributed by atoms with E-state index in [9.17, 15) is 0 Å². The monoisotopic (exact) mass is 730 g/mol. The van der Waals surface area contributed by atoms with Crippen LogP contribution >= 0.6 is 0 Å². The van der Waals surface area contributed by atoms with Gasteiger partial charge in [-0.15, -0.1) is 0 Å². The van der Waals surface area contributed by atoms with Crippen molar-refractivity contribution in [2.75, 3.05) is 0 Å². The number of ether oxygens (including phenoxy) is 1. The summed E-state index contributed by atoms with van der Waals surface area (Å²) in [5, 5.41) is 6.54. The van der Waals surface area contributed by atoms with E-state index < -0.39 is 5.41 Å². The third kappa shape index (κ3) is 4.75. The minimum absolute atomic E-state index is 0.145. The molecule has 0 radical (unpaired) electrons. The summed E-state index contributed by atoms with van der Waals surface area (Å²) in [6, 6.07) is 55.1. The largest absolute Gasteiger partial charge is 0.456 e. The number of rotatable bonds is 4. The number of hydrogen-bond donors (Lipinski definition) is 1. The minimum Gasteiger partial charge on any atom is -0.456 e. The second-order valence-corrected chi connectivity index (χ2v) is 15.7. The van der Waals surface area contributed by atoms with E-state index in [0.717, 1.165) is 53.4 Å². The van der Waals surface area contributed by atoms with Crippen LogP contribution in [0, 0.1) is 0 Å². The van der Waals surface area contributed by atoms with Crippen LogP contribution in [0.3, 0.4) is 0 Å². The summed E-state index contributed by atoms with van der Waals surface area (Å²) in [6.07, 6.45) is 14.2. The van der Waals surface area contributed by atoms with Crippen LogP contribution in [-0.4, -0.2) is 5.84 Å². The Hall–Kier alpha value is -6.97. The average molecular weight is 731 g/mol. The average Bonchev–Trinajstić information content (AvgIpc) is 3.57. The second-order valence-electron chi connectivity index (χ2n) is 15.7. The van der Waals surface area contributed by atoms with Crippen LogP contribution in [0.1, 0.15) is 69.0 Å². The molecule has 270 valence electrons. The van der Waals surface area contributed by atoms with E-state index in [1.54, 1.807) is 0 Å². The number of allylic oxidation sites excluding steroid dienone is 4. The molecular formula is C54H38N2O. The van der Waals surface area contributed by atoms with Crippen LogP contribution in [0.4, 0.5) is 0 Å². The molecule has 7 aromatic carbocycles. The Labute approximate surface area is 332 Å². The maximum absolute atomic E-state index is 7.13. The fraction of sp³-hybridized carbons (Fsp3) is 0.0926. The van der Waals surface area contributed by atoms with Gasteiger partial charge in [-0.1, -0.05) is 158 Å². The SMILES string of the molecule is C1=CC(c2cccc3c2Oc2ccccc2C32c3ccccc3-c3ccccc32)=C(C2=NC(c3ccccc3)C=C(c3cc4c5c(cccc5c3)CC=C4)N2)CC1. The summed E-state index contributed by atoms with van der Waals surface area (Å²) in [5.74, 6) is 2.72. The van der Waals surface area contributed by atoms with E-state index in [2.05, 4.69) is 187 Å². The van der Waals surface area contributed by atoms with Gasteiger partial charge in [-0.25, -0.2) is 0 Å². The Morgan fingerprint density at radius 1 is 0.632 bits per heavy atom. The van der Waals surface area contributed by atoms with Crippen molar-refractivity contribution < 1.29 is 4.74 Å². The Morgan fingerprint density at radius 2 is 1.35 bits per heavy atom. The lowest BCUT2D eigenvalue weighted by Crippen LogP contribution is -2.32. The molecule has 3 nitrogen and oxygen atoms in total. The van der Waals surface area contributed by atoms with Crippen molar-refractivity contribution in [3.8, 4) is 22.6 Å². The van der Waals surface area contributed by atoms with Gasteiger partial charge in [0, 0.05) is 28.0 Å². The number of fused-ring (bicyclic) bond motifs is 9. The minimum atomic E-state index is -0.522. The topological polar surface area (TPSA) is 33.6 Å². The molecule has 5 aliphatic rings. The first-order valence-electron chi connectivity index (χ1n) is 20.1. The van der Waals surface area contributed by atoms with Crippen molar-refractivity contribution in [2.45, 2.75) is 30.7 Å². The third-order valence-corrected chi connectivity index (χ3v) is 12.6. The van der Waals surface area contributed by atoms with Gasteiger partial charge in [0.1, 0.15) is 17.3 Å². The maximum Gasteiger partial charge on any atom is 0.140 e. The number of benzene rings is 7. The number of hydrogen-bond acceptors (Lipinski definition) is 3. The van der Waals surface area contributed by atoms with Crippen LogP contribution in [0.2, 0.25) is 0 Å². The van der Waals surface area contributed by atoms with Gasteiger partial charge in [0.15, 0.2) is 0 Å². The molecule has 7 aromatic rings. The van der Waals surface area contributed by atoms with Crippen molar-refractivity contribution in [2.24, 2.45) is 4.99 Å². The van der Waals surface area contributed by atoms with Gasteiger partial charge in [0.2, 0.25) is 0 Å². The van der Waals surface area contributed by atoms with Gasteiger partial charge < -0.3 is 10.1 Å². The standard InChI is InChI=1S/C54H38N2O/c1-2-15-34(16-3-1)48-33-49(38-31-36-19-12-17-35-18-13-20-37(32-38)51(35)36)56-53(55-48)43-24-5-4-21-39(43)42-25-14-29-47-52(42)57-50-30-11-10-28-46(50)54(47)44-26-8-6-22-40(44)41-23-7-9-27-45(41)54/h1-4,6-17,19-23,25-33,48H,5,18,24H2,(H,55,56). The molecule has 2 heterocycles. The zero-order valence-corrected chi connectivity index (χ0v) is 31.4. The molecule has 0 amide bonds. The van der Waals surface area contributed by atoms with Crippen molar-refractivity contribution >= 4 is 34.0 Å². The molecule has 3 aliphatic carbocycles. The zero-order valence-electron chi connectivity index (χ0n) is 31.4. The summed E-state index contributed by atoms with van der Waals surface area (Å²) >= 11 is 0. The van der Waals surface area contributed by atoms with E-state index in [-0.39, 0.29) is 6.04 Å². The molecule has 1 N–H and O–H groups in total. The quantitative estimate of drug-likeness (QED) is 0.196. The fourth-order valence-corrected chi connectivity index (χ4v) is 10.2. The van der Waals surface area contributed by atoms with Gasteiger partial charge in [-0.05, 0) is 104 Å². The van der Waals surface area contributed by atoms with E-state index in [1.165, 1.54) is 72.0 Å². The predicted octanol–water partition coefficient (Wildman–Crippen LogP) is 12.8. The van der Waals surface area contributed by atoms with Crippen LogP contribution in [0.15, 0.2) is 187 Å². The van der Waals surface area contributed by atoms with Crippen LogP contribution in [0.5, 0.6) is 11.5 Å². The highest BCUT2D eigenvalue weighted by Crippen LogP contribution is 2.63. The van der Waals surface area contributed by atoms with Crippen molar-refractivity contribution in [3.05, 3.63) is 232 Å². The summed E-state index contributed by atoms with van der Waals surface area (Å²) in [4.78, 5) is 5.52. The van der Waals surface area contributed by atoms with Gasteiger partial charge in [0.05, 0.1) is 11.5 Å². The summed E-state index contributed by atoms with van der Waals surface area (Å²) < 4.78 is 7.13. The maximum atomic E-state index is 7.13. The lowest BCUT2D eigenvalue weighted by Gasteiger charge is -2.40. The molecule has 0 bridgehead atoms. The molecule has 0 saturated carbocycles. The first kappa shape index (κ1) is 32.3. The normalized spacial score (nSPS) is 17.9. The molecule has 1 unspecified atom stereocenters. The Morgan fingerprint density at radius 3 is 2.19 bits per heavy atom. The molecule has 0 saturated heterocycles. The van der Waals surface area contributed by atoms with Gasteiger partial charge in [-0.2, -0.15) is 0 Å². The highest BCUT2D eigenvalue weighted by atomic mass is 16.5. The first-order chi connectivity index (χ1) is 28.3. The van der Waals surface area contributed by atoms with E-state index in [1.807, 2.05) is 0 Å². The fourth-order valence-electron chi connectivity index (χ4n) is 10.2. The third-order valence-electron chi connectivity index (χ3n) is 12.6. The molecular weight excluding hydrogens is 693 g/mol. The van der Waals surface area contributed by atoms with E-state index >= 15 is 0 Å². The first-order valence-corrected chi connectivity index (χ1v) is 20.1. The Bertz CT molecular complexity index is 2950. The van der Waals surface area contributed by atoms with Crippen LogP contribution in [-0.2, 0) is 11.8 Å². The number of nitrogens with zero attached hydrogens (tertiary/aromatic N) is 1. The number of para-hydroxylation sites is 2. The number of amidine groups is 1. The molecule has 1 spiro atoms.